The van der Waals surface area contributed by atoms with Gasteiger partial charge in [0.15, 0.2) is 0 Å². The molecule has 0 spiro atoms. The molecule has 0 bridgehead atoms. The smallest absolute Gasteiger partial charge is 0.213 e. The maximum absolute atomic E-state index is 12.5. The molecule has 1 heterocycles. The van der Waals surface area contributed by atoms with Crippen LogP contribution < -0.4 is 5.73 Å². The Balaban J connectivity index is 2.88. The molecule has 0 amide bonds. The zero-order valence-electron chi connectivity index (χ0n) is 6.74. The van der Waals surface area contributed by atoms with Gasteiger partial charge in [-0.15, -0.1) is 0 Å². The van der Waals surface area contributed by atoms with E-state index in [2.05, 4.69) is 4.98 Å². The minimum atomic E-state index is -0.902. The summed E-state index contributed by atoms with van der Waals surface area (Å²) < 4.78 is 12.5. The van der Waals surface area contributed by atoms with E-state index >= 15 is 0 Å². The van der Waals surface area contributed by atoms with Gasteiger partial charge in [-0.3, -0.25) is 0 Å². The highest BCUT2D eigenvalue weighted by Gasteiger charge is 2.13. The largest absolute Gasteiger partial charge is 0.385 e. The summed E-state index contributed by atoms with van der Waals surface area (Å²) in [5.74, 6) is -0.604. The molecule has 2 atom stereocenters. The van der Waals surface area contributed by atoms with Crippen molar-refractivity contribution in [2.45, 2.75) is 19.1 Å². The Morgan fingerprint density at radius 1 is 1.58 bits per heavy atom. The second-order valence-corrected chi connectivity index (χ2v) is 2.69. The molecule has 66 valence electrons. The summed E-state index contributed by atoms with van der Waals surface area (Å²) in [5.41, 5.74) is 5.67. The van der Waals surface area contributed by atoms with E-state index in [0.717, 1.165) is 0 Å². The van der Waals surface area contributed by atoms with Gasteiger partial charge < -0.3 is 10.8 Å². The molecular formula is C8H11FN2O. The third kappa shape index (κ3) is 1.99. The average molecular weight is 170 g/mol. The Morgan fingerprint density at radius 3 is 2.75 bits per heavy atom. The van der Waals surface area contributed by atoms with Crippen LogP contribution in [0.3, 0.4) is 0 Å². The zero-order valence-corrected chi connectivity index (χ0v) is 6.74. The first-order valence-corrected chi connectivity index (χ1v) is 3.67. The van der Waals surface area contributed by atoms with Gasteiger partial charge in [-0.1, -0.05) is 6.07 Å². The van der Waals surface area contributed by atoms with E-state index in [4.69, 9.17) is 5.73 Å². The van der Waals surface area contributed by atoms with Crippen LogP contribution in [0.25, 0.3) is 0 Å². The van der Waals surface area contributed by atoms with Gasteiger partial charge >= 0.3 is 0 Å². The molecule has 0 aromatic carbocycles. The van der Waals surface area contributed by atoms with Crippen LogP contribution in [-0.4, -0.2) is 16.1 Å². The van der Waals surface area contributed by atoms with Gasteiger partial charge in [0.2, 0.25) is 5.95 Å². The second-order valence-electron chi connectivity index (χ2n) is 2.69. The normalized spacial score (nSPS) is 15.7. The van der Waals surface area contributed by atoms with E-state index in [9.17, 15) is 9.50 Å². The fourth-order valence-electron chi connectivity index (χ4n) is 0.858. The summed E-state index contributed by atoms with van der Waals surface area (Å²) in [4.78, 5) is 3.50. The molecule has 1 aromatic heterocycles. The summed E-state index contributed by atoms with van der Waals surface area (Å²) in [5, 5.41) is 9.37. The van der Waals surface area contributed by atoms with E-state index in [1.165, 1.54) is 18.2 Å². The Labute approximate surface area is 70.0 Å². The molecule has 0 saturated carbocycles. The minimum Gasteiger partial charge on any atom is -0.385 e. The molecule has 0 radical (unpaired) electrons. The number of nitrogens with zero attached hydrogens (tertiary/aromatic N) is 1. The van der Waals surface area contributed by atoms with Crippen LogP contribution in [0.1, 0.15) is 18.7 Å². The summed E-state index contributed by atoms with van der Waals surface area (Å²) >= 11 is 0. The van der Waals surface area contributed by atoms with Crippen LogP contribution >= 0.6 is 0 Å². The number of aliphatic hydroxyl groups excluding tert-OH is 1. The molecule has 0 fully saturated rings. The lowest BCUT2D eigenvalue weighted by molar-refractivity contribution is 0.147. The lowest BCUT2D eigenvalue weighted by Gasteiger charge is -2.12. The Bertz CT molecular complexity index is 265. The van der Waals surface area contributed by atoms with Crippen molar-refractivity contribution in [3.63, 3.8) is 0 Å². The minimum absolute atomic E-state index is 0.269. The first kappa shape index (κ1) is 9.09. The van der Waals surface area contributed by atoms with Gasteiger partial charge in [-0.2, -0.15) is 4.39 Å². The molecule has 0 aliphatic rings. The highest BCUT2D eigenvalue weighted by atomic mass is 19.1. The van der Waals surface area contributed by atoms with Crippen molar-refractivity contribution in [1.82, 2.24) is 4.98 Å². The number of aliphatic hydroxyl groups is 1. The molecule has 0 aliphatic heterocycles. The molecule has 1 aromatic rings. The Morgan fingerprint density at radius 2 is 2.25 bits per heavy atom. The number of rotatable bonds is 2. The number of halogens is 1. The topological polar surface area (TPSA) is 59.1 Å². The maximum Gasteiger partial charge on any atom is 0.213 e. The number of aromatic nitrogens is 1. The third-order valence-electron chi connectivity index (χ3n) is 1.54. The monoisotopic (exact) mass is 170 g/mol. The van der Waals surface area contributed by atoms with Gasteiger partial charge in [0.1, 0.15) is 6.10 Å². The van der Waals surface area contributed by atoms with Gasteiger partial charge in [0.05, 0.1) is 5.69 Å². The van der Waals surface area contributed by atoms with E-state index < -0.39 is 18.1 Å². The SMILES string of the molecule is CC(N)C(O)c1cccc(F)n1. The summed E-state index contributed by atoms with van der Waals surface area (Å²) in [6.45, 7) is 1.64. The quantitative estimate of drug-likeness (QED) is 0.639. The molecule has 0 aliphatic carbocycles. The average Bonchev–Trinajstić information content (AvgIpc) is 2.03. The van der Waals surface area contributed by atoms with E-state index in [1.54, 1.807) is 6.92 Å². The van der Waals surface area contributed by atoms with Crippen molar-refractivity contribution in [1.29, 1.82) is 0 Å². The molecular weight excluding hydrogens is 159 g/mol. The Kier molecular flexibility index (Phi) is 2.73. The van der Waals surface area contributed by atoms with Crippen molar-refractivity contribution >= 4 is 0 Å². The molecule has 2 unspecified atom stereocenters. The Hall–Kier alpha value is -1.00. The molecule has 4 heteroatoms. The van der Waals surface area contributed by atoms with Crippen molar-refractivity contribution in [3.05, 3.63) is 29.8 Å². The maximum atomic E-state index is 12.5. The lowest BCUT2D eigenvalue weighted by atomic mass is 10.1. The van der Waals surface area contributed by atoms with Crippen LogP contribution in [0.5, 0.6) is 0 Å². The van der Waals surface area contributed by atoms with Crippen LogP contribution in [0.15, 0.2) is 18.2 Å². The number of nitrogens with two attached hydrogens (primary N) is 1. The number of pyridine rings is 1. The highest BCUT2D eigenvalue weighted by Crippen LogP contribution is 2.12. The van der Waals surface area contributed by atoms with Gasteiger partial charge in [0.25, 0.3) is 0 Å². The number of hydrogen-bond donors (Lipinski definition) is 2. The van der Waals surface area contributed by atoms with Crippen LogP contribution in [0.4, 0.5) is 4.39 Å². The van der Waals surface area contributed by atoms with Crippen molar-refractivity contribution in [2.75, 3.05) is 0 Å². The van der Waals surface area contributed by atoms with E-state index in [-0.39, 0.29) is 5.69 Å². The second kappa shape index (κ2) is 3.60. The predicted octanol–water partition coefficient (Wildman–Crippen LogP) is 0.601. The van der Waals surface area contributed by atoms with E-state index in [1.807, 2.05) is 0 Å². The van der Waals surface area contributed by atoms with Crippen molar-refractivity contribution in [3.8, 4) is 0 Å². The van der Waals surface area contributed by atoms with Gasteiger partial charge in [-0.25, -0.2) is 4.98 Å². The van der Waals surface area contributed by atoms with Crippen LogP contribution in [0.2, 0.25) is 0 Å². The standard InChI is InChI=1S/C8H11FN2O/c1-5(10)8(12)6-3-2-4-7(9)11-6/h2-5,8,12H,10H2,1H3. The predicted molar refractivity (Wildman–Crippen MR) is 42.8 cm³/mol. The molecule has 3 N–H and O–H groups in total. The fourth-order valence-corrected chi connectivity index (χ4v) is 0.858. The van der Waals surface area contributed by atoms with Gasteiger partial charge in [0, 0.05) is 6.04 Å². The summed E-state index contributed by atoms with van der Waals surface area (Å²) in [7, 11) is 0. The first-order valence-electron chi connectivity index (χ1n) is 3.67. The van der Waals surface area contributed by atoms with Gasteiger partial charge in [-0.05, 0) is 19.1 Å². The molecule has 3 nitrogen and oxygen atoms in total. The van der Waals surface area contributed by atoms with Crippen molar-refractivity contribution in [2.24, 2.45) is 5.73 Å². The van der Waals surface area contributed by atoms with Crippen LogP contribution in [-0.2, 0) is 0 Å². The van der Waals surface area contributed by atoms with E-state index in [0.29, 0.717) is 0 Å². The third-order valence-corrected chi connectivity index (χ3v) is 1.54. The first-order chi connectivity index (χ1) is 5.61. The van der Waals surface area contributed by atoms with Crippen molar-refractivity contribution < 1.29 is 9.50 Å². The fraction of sp³-hybridized carbons (Fsp3) is 0.375. The van der Waals surface area contributed by atoms with Crippen LogP contribution in [0, 0.1) is 5.95 Å². The molecule has 0 saturated heterocycles. The lowest BCUT2D eigenvalue weighted by Crippen LogP contribution is -2.25. The molecule has 12 heavy (non-hydrogen) atoms. The summed E-state index contributed by atoms with van der Waals surface area (Å²) in [6, 6.07) is 3.80. The highest BCUT2D eigenvalue weighted by molar-refractivity contribution is 5.08. The molecule has 1 rings (SSSR count). The zero-order chi connectivity index (χ0) is 9.14. The number of hydrogen-bond acceptors (Lipinski definition) is 3. The summed E-state index contributed by atoms with van der Waals surface area (Å²) in [6.07, 6.45) is -0.902.